The number of nitrogens with one attached hydrogen (secondary N) is 1. The van der Waals surface area contributed by atoms with E-state index in [0.29, 0.717) is 0 Å². The predicted octanol–water partition coefficient (Wildman–Crippen LogP) is 2.30. The third-order valence-electron chi connectivity index (χ3n) is 3.72. The van der Waals surface area contributed by atoms with Gasteiger partial charge in [0.2, 0.25) is 0 Å². The summed E-state index contributed by atoms with van der Waals surface area (Å²) in [6, 6.07) is 8.03. The maximum Gasteiger partial charge on any atom is 0.133 e. The lowest BCUT2D eigenvalue weighted by Gasteiger charge is -2.23. The minimum absolute atomic E-state index is 0.813. The summed E-state index contributed by atoms with van der Waals surface area (Å²) >= 11 is 3.50. The number of benzene rings is 1. The third-order valence-corrected chi connectivity index (χ3v) is 4.37. The molecule has 20 heavy (non-hydrogen) atoms. The Bertz CT molecular complexity index is 380. The molecule has 1 aromatic carbocycles. The van der Waals surface area contributed by atoms with Crippen molar-refractivity contribution in [2.45, 2.75) is 25.7 Å². The summed E-state index contributed by atoms with van der Waals surface area (Å²) < 4.78 is 12.2. The fourth-order valence-electron chi connectivity index (χ4n) is 2.48. The molecule has 1 fully saturated rings. The van der Waals surface area contributed by atoms with E-state index in [9.17, 15) is 0 Å². The Kier molecular flexibility index (Phi) is 7.41. The van der Waals surface area contributed by atoms with Crippen molar-refractivity contribution in [3.63, 3.8) is 0 Å². The quantitative estimate of drug-likeness (QED) is 0.732. The molecule has 1 aliphatic rings. The minimum atomic E-state index is 0.813. The predicted molar refractivity (Wildman–Crippen MR) is 84.5 cm³/mol. The molecular weight excluding hydrogens is 318 g/mol. The zero-order valence-electron chi connectivity index (χ0n) is 12.1. The van der Waals surface area contributed by atoms with Crippen LogP contribution in [0.5, 0.6) is 5.75 Å². The standard InChI is InChI=1S/C16H24BrNO2/c17-15-7-3-4-8-16(15)20-12-6-2-1-5-9-18-10-13-19-14-11-18/h3-4,7-8H,1-2,5-6,9-14H2/p+1. The van der Waals surface area contributed by atoms with E-state index in [-0.39, 0.29) is 0 Å². The van der Waals surface area contributed by atoms with Crippen molar-refractivity contribution in [1.82, 2.24) is 0 Å². The Labute approximate surface area is 130 Å². The van der Waals surface area contributed by atoms with Crippen LogP contribution in [0.25, 0.3) is 0 Å². The number of hydrogen-bond acceptors (Lipinski definition) is 2. The summed E-state index contributed by atoms with van der Waals surface area (Å²) in [6.45, 7) is 6.36. The van der Waals surface area contributed by atoms with Gasteiger partial charge in [0.15, 0.2) is 0 Å². The van der Waals surface area contributed by atoms with Crippen molar-refractivity contribution in [2.24, 2.45) is 0 Å². The number of para-hydroxylation sites is 1. The van der Waals surface area contributed by atoms with E-state index in [1.165, 1.54) is 38.9 Å². The summed E-state index contributed by atoms with van der Waals surface area (Å²) in [4.78, 5) is 1.71. The van der Waals surface area contributed by atoms with Crippen LogP contribution in [0.2, 0.25) is 0 Å². The first-order chi connectivity index (χ1) is 9.86. The highest BCUT2D eigenvalue weighted by molar-refractivity contribution is 9.10. The van der Waals surface area contributed by atoms with Crippen LogP contribution in [-0.2, 0) is 4.74 Å². The fourth-order valence-corrected chi connectivity index (χ4v) is 2.88. The van der Waals surface area contributed by atoms with E-state index < -0.39 is 0 Å². The van der Waals surface area contributed by atoms with Gasteiger partial charge in [-0.05, 0) is 53.7 Å². The lowest BCUT2D eigenvalue weighted by Crippen LogP contribution is -3.14. The zero-order valence-corrected chi connectivity index (χ0v) is 13.7. The zero-order chi connectivity index (χ0) is 14.0. The monoisotopic (exact) mass is 342 g/mol. The van der Waals surface area contributed by atoms with Crippen molar-refractivity contribution in [1.29, 1.82) is 0 Å². The molecule has 0 unspecified atom stereocenters. The van der Waals surface area contributed by atoms with E-state index in [4.69, 9.17) is 9.47 Å². The number of halogens is 1. The summed E-state index contributed by atoms with van der Waals surface area (Å²) in [6.07, 6.45) is 5.03. The van der Waals surface area contributed by atoms with Gasteiger partial charge in [-0.3, -0.25) is 0 Å². The molecule has 0 atom stereocenters. The molecule has 4 heteroatoms. The van der Waals surface area contributed by atoms with Gasteiger partial charge < -0.3 is 14.4 Å². The van der Waals surface area contributed by atoms with Crippen molar-refractivity contribution in [3.8, 4) is 5.75 Å². The second-order valence-corrected chi connectivity index (χ2v) is 6.16. The minimum Gasteiger partial charge on any atom is -0.492 e. The van der Waals surface area contributed by atoms with Crippen LogP contribution in [0.1, 0.15) is 25.7 Å². The van der Waals surface area contributed by atoms with E-state index >= 15 is 0 Å². The van der Waals surface area contributed by atoms with Crippen LogP contribution in [0.4, 0.5) is 0 Å². The van der Waals surface area contributed by atoms with Crippen LogP contribution in [0.3, 0.4) is 0 Å². The maximum atomic E-state index is 5.76. The molecule has 3 nitrogen and oxygen atoms in total. The normalized spacial score (nSPS) is 16.2. The number of ether oxygens (including phenoxy) is 2. The lowest BCUT2D eigenvalue weighted by atomic mass is 10.2. The van der Waals surface area contributed by atoms with Gasteiger partial charge in [-0.2, -0.15) is 0 Å². The van der Waals surface area contributed by atoms with E-state index in [1.807, 2.05) is 24.3 Å². The van der Waals surface area contributed by atoms with Crippen LogP contribution in [-0.4, -0.2) is 39.5 Å². The molecule has 1 heterocycles. The van der Waals surface area contributed by atoms with Crippen LogP contribution < -0.4 is 9.64 Å². The molecule has 112 valence electrons. The number of hydrogen-bond donors (Lipinski definition) is 1. The first-order valence-electron chi connectivity index (χ1n) is 7.65. The first-order valence-corrected chi connectivity index (χ1v) is 8.44. The highest BCUT2D eigenvalue weighted by Gasteiger charge is 2.12. The molecule has 0 radical (unpaired) electrons. The molecule has 0 aromatic heterocycles. The fraction of sp³-hybridized carbons (Fsp3) is 0.625. The SMILES string of the molecule is Brc1ccccc1OCCCCCC[NH+]1CCOCC1. The van der Waals surface area contributed by atoms with Gasteiger partial charge in [-0.15, -0.1) is 0 Å². The van der Waals surface area contributed by atoms with Crippen molar-refractivity contribution in [3.05, 3.63) is 28.7 Å². The average molecular weight is 343 g/mol. The van der Waals surface area contributed by atoms with Crippen LogP contribution in [0.15, 0.2) is 28.7 Å². The van der Waals surface area contributed by atoms with Gasteiger partial charge in [0, 0.05) is 0 Å². The summed E-state index contributed by atoms with van der Waals surface area (Å²) in [5.74, 6) is 0.949. The topological polar surface area (TPSA) is 22.9 Å². The molecule has 0 bridgehead atoms. The van der Waals surface area contributed by atoms with Gasteiger partial charge >= 0.3 is 0 Å². The van der Waals surface area contributed by atoms with Crippen molar-refractivity contribution < 1.29 is 14.4 Å². The average Bonchev–Trinajstić information content (AvgIpc) is 2.49. The second kappa shape index (κ2) is 9.37. The number of rotatable bonds is 8. The summed E-state index contributed by atoms with van der Waals surface area (Å²) in [5, 5.41) is 0. The molecule has 0 amide bonds. The van der Waals surface area contributed by atoms with E-state index in [0.717, 1.165) is 36.5 Å². The third kappa shape index (κ3) is 5.81. The Morgan fingerprint density at radius 2 is 1.80 bits per heavy atom. The Hall–Kier alpha value is -0.580. The molecule has 1 saturated heterocycles. The molecule has 0 spiro atoms. The van der Waals surface area contributed by atoms with Crippen LogP contribution in [0, 0.1) is 0 Å². The molecular formula is C16H25BrNO2+. The van der Waals surface area contributed by atoms with Gasteiger partial charge in [0.25, 0.3) is 0 Å². The molecule has 1 aromatic rings. The lowest BCUT2D eigenvalue weighted by molar-refractivity contribution is -0.908. The highest BCUT2D eigenvalue weighted by Crippen LogP contribution is 2.23. The number of quaternary nitrogens is 1. The largest absolute Gasteiger partial charge is 0.492 e. The molecule has 0 aliphatic carbocycles. The van der Waals surface area contributed by atoms with Gasteiger partial charge in [0.1, 0.15) is 18.8 Å². The van der Waals surface area contributed by atoms with Crippen molar-refractivity contribution in [2.75, 3.05) is 39.5 Å². The Balaban J connectivity index is 1.46. The maximum absolute atomic E-state index is 5.76. The Morgan fingerprint density at radius 1 is 1.05 bits per heavy atom. The molecule has 2 rings (SSSR count). The summed E-state index contributed by atoms with van der Waals surface area (Å²) in [7, 11) is 0. The highest BCUT2D eigenvalue weighted by atomic mass is 79.9. The van der Waals surface area contributed by atoms with Crippen molar-refractivity contribution >= 4 is 15.9 Å². The van der Waals surface area contributed by atoms with Gasteiger partial charge in [-0.25, -0.2) is 0 Å². The van der Waals surface area contributed by atoms with E-state index in [1.54, 1.807) is 4.90 Å². The molecule has 0 saturated carbocycles. The summed E-state index contributed by atoms with van der Waals surface area (Å²) in [5.41, 5.74) is 0. The van der Waals surface area contributed by atoms with E-state index in [2.05, 4.69) is 15.9 Å². The van der Waals surface area contributed by atoms with Crippen LogP contribution >= 0.6 is 15.9 Å². The smallest absolute Gasteiger partial charge is 0.133 e. The number of morpholine rings is 1. The number of unbranched alkanes of at least 4 members (excludes halogenated alkanes) is 3. The second-order valence-electron chi connectivity index (χ2n) is 5.31. The Morgan fingerprint density at radius 3 is 2.60 bits per heavy atom. The van der Waals surface area contributed by atoms with Gasteiger partial charge in [-0.1, -0.05) is 12.1 Å². The van der Waals surface area contributed by atoms with Gasteiger partial charge in [0.05, 0.1) is 30.8 Å². The molecule has 1 N–H and O–H groups in total. The first kappa shape index (κ1) is 15.8. The molecule has 1 aliphatic heterocycles.